The summed E-state index contributed by atoms with van der Waals surface area (Å²) in [4.78, 5) is 4.52. The van der Waals surface area contributed by atoms with Gasteiger partial charge in [0.25, 0.3) is 0 Å². The average Bonchev–Trinajstić information content (AvgIpc) is 2.95. The summed E-state index contributed by atoms with van der Waals surface area (Å²) < 4.78 is 13.5. The third kappa shape index (κ3) is 1.69. The predicted molar refractivity (Wildman–Crippen MR) is 70.4 cm³/mol. The van der Waals surface area contributed by atoms with Gasteiger partial charge in [-0.1, -0.05) is 0 Å². The number of halogens is 1. The van der Waals surface area contributed by atoms with Crippen LogP contribution in [0.25, 0.3) is 11.4 Å². The van der Waals surface area contributed by atoms with Gasteiger partial charge in [-0.3, -0.25) is 0 Å². The largest absolute Gasteiger partial charge is 0.454 e. The van der Waals surface area contributed by atoms with Crippen molar-refractivity contribution >= 4 is 15.9 Å². The number of hydrogen-bond donors (Lipinski definition) is 1. The summed E-state index contributed by atoms with van der Waals surface area (Å²) in [6, 6.07) is 5.78. The van der Waals surface area contributed by atoms with Gasteiger partial charge in [-0.05, 0) is 34.1 Å². The molecule has 2 N–H and O–H groups in total. The molecule has 0 fully saturated rings. The van der Waals surface area contributed by atoms with Crippen LogP contribution in [0.1, 0.15) is 5.69 Å². The first kappa shape index (κ1) is 11.6. The van der Waals surface area contributed by atoms with Gasteiger partial charge in [-0.25, -0.2) is 4.98 Å². The molecule has 0 atom stereocenters. The van der Waals surface area contributed by atoms with Gasteiger partial charge in [0.1, 0.15) is 10.4 Å². The minimum absolute atomic E-state index is 0.275. The molecule has 2 aromatic rings. The summed E-state index contributed by atoms with van der Waals surface area (Å²) in [7, 11) is 1.94. The third-order valence-corrected chi connectivity index (χ3v) is 3.90. The summed E-state index contributed by atoms with van der Waals surface area (Å²) in [5, 5.41) is 0. The van der Waals surface area contributed by atoms with E-state index in [0.29, 0.717) is 6.54 Å². The Morgan fingerprint density at radius 3 is 2.89 bits per heavy atom. The van der Waals surface area contributed by atoms with Gasteiger partial charge in [0.2, 0.25) is 6.79 Å². The standard InChI is InChI=1S/C12H12BrN3O2/c1-16-11(13)8(5-14)15-12(16)7-2-3-9-10(4-7)18-6-17-9/h2-4H,5-6,14H2,1H3. The molecule has 18 heavy (non-hydrogen) atoms. The van der Waals surface area contributed by atoms with Crippen LogP contribution in [-0.4, -0.2) is 16.3 Å². The van der Waals surface area contributed by atoms with Gasteiger partial charge in [-0.2, -0.15) is 0 Å². The van der Waals surface area contributed by atoms with Crippen LogP contribution in [0.4, 0.5) is 0 Å². The van der Waals surface area contributed by atoms with Crippen molar-refractivity contribution in [3.05, 3.63) is 28.5 Å². The summed E-state index contributed by atoms with van der Waals surface area (Å²) >= 11 is 3.49. The smallest absolute Gasteiger partial charge is 0.231 e. The third-order valence-electron chi connectivity index (χ3n) is 2.92. The Morgan fingerprint density at radius 1 is 1.39 bits per heavy atom. The van der Waals surface area contributed by atoms with E-state index in [1.807, 2.05) is 29.8 Å². The minimum Gasteiger partial charge on any atom is -0.454 e. The molecule has 0 aliphatic carbocycles. The van der Waals surface area contributed by atoms with Gasteiger partial charge < -0.3 is 19.8 Å². The van der Waals surface area contributed by atoms with E-state index < -0.39 is 0 Å². The Balaban J connectivity index is 2.10. The Morgan fingerprint density at radius 2 is 2.17 bits per heavy atom. The van der Waals surface area contributed by atoms with E-state index >= 15 is 0 Å². The number of nitrogens with zero attached hydrogens (tertiary/aromatic N) is 2. The van der Waals surface area contributed by atoms with Crippen molar-refractivity contribution in [1.29, 1.82) is 0 Å². The van der Waals surface area contributed by atoms with Gasteiger partial charge in [0.05, 0.1) is 5.69 Å². The lowest BCUT2D eigenvalue weighted by Gasteiger charge is -2.03. The maximum atomic E-state index is 5.65. The van der Waals surface area contributed by atoms with Crippen LogP contribution in [0.3, 0.4) is 0 Å². The monoisotopic (exact) mass is 309 g/mol. The molecule has 1 aliphatic rings. The minimum atomic E-state index is 0.275. The number of benzene rings is 1. The molecule has 0 spiro atoms. The quantitative estimate of drug-likeness (QED) is 0.922. The normalized spacial score (nSPS) is 13.1. The van der Waals surface area contributed by atoms with E-state index in [1.54, 1.807) is 0 Å². The molecule has 2 heterocycles. The van der Waals surface area contributed by atoms with Crippen LogP contribution >= 0.6 is 15.9 Å². The Kier molecular flexibility index (Phi) is 2.76. The van der Waals surface area contributed by atoms with E-state index in [1.165, 1.54) is 0 Å². The highest BCUT2D eigenvalue weighted by molar-refractivity contribution is 9.10. The van der Waals surface area contributed by atoms with Crippen LogP contribution in [0.5, 0.6) is 11.5 Å². The van der Waals surface area contributed by atoms with E-state index in [2.05, 4.69) is 20.9 Å². The van der Waals surface area contributed by atoms with Gasteiger partial charge in [0.15, 0.2) is 11.5 Å². The average molecular weight is 310 g/mol. The zero-order valence-electron chi connectivity index (χ0n) is 9.81. The summed E-state index contributed by atoms with van der Waals surface area (Å²) in [5.74, 6) is 2.37. The number of imidazole rings is 1. The maximum absolute atomic E-state index is 5.65. The topological polar surface area (TPSA) is 62.3 Å². The van der Waals surface area contributed by atoms with Gasteiger partial charge in [0, 0.05) is 19.2 Å². The highest BCUT2D eigenvalue weighted by atomic mass is 79.9. The number of rotatable bonds is 2. The lowest BCUT2D eigenvalue weighted by molar-refractivity contribution is 0.174. The molecule has 6 heteroatoms. The highest BCUT2D eigenvalue weighted by Gasteiger charge is 2.17. The van der Waals surface area contributed by atoms with E-state index in [9.17, 15) is 0 Å². The Labute approximate surface area is 113 Å². The number of hydrogen-bond acceptors (Lipinski definition) is 4. The maximum Gasteiger partial charge on any atom is 0.231 e. The molecule has 0 bridgehead atoms. The number of ether oxygens (including phenoxy) is 2. The highest BCUT2D eigenvalue weighted by Crippen LogP contribution is 2.36. The van der Waals surface area contributed by atoms with Crippen molar-refractivity contribution in [1.82, 2.24) is 9.55 Å². The molecule has 0 saturated heterocycles. The van der Waals surface area contributed by atoms with E-state index in [4.69, 9.17) is 15.2 Å². The van der Waals surface area contributed by atoms with E-state index in [-0.39, 0.29) is 6.79 Å². The molecule has 0 unspecified atom stereocenters. The van der Waals surface area contributed by atoms with Gasteiger partial charge in [-0.15, -0.1) is 0 Å². The molecule has 1 aliphatic heterocycles. The van der Waals surface area contributed by atoms with E-state index in [0.717, 1.165) is 33.2 Å². The fourth-order valence-electron chi connectivity index (χ4n) is 1.96. The van der Waals surface area contributed by atoms with Crippen LogP contribution < -0.4 is 15.2 Å². The van der Waals surface area contributed by atoms with Gasteiger partial charge >= 0.3 is 0 Å². The molecule has 3 rings (SSSR count). The van der Waals surface area contributed by atoms with Crippen LogP contribution in [-0.2, 0) is 13.6 Å². The molecule has 5 nitrogen and oxygen atoms in total. The first-order valence-corrected chi connectivity index (χ1v) is 6.31. The molecule has 0 saturated carbocycles. The fourth-order valence-corrected chi connectivity index (χ4v) is 2.38. The van der Waals surface area contributed by atoms with Crippen LogP contribution in [0.15, 0.2) is 22.8 Å². The van der Waals surface area contributed by atoms with Crippen molar-refractivity contribution < 1.29 is 9.47 Å². The first-order valence-electron chi connectivity index (χ1n) is 5.52. The van der Waals surface area contributed by atoms with Crippen molar-refractivity contribution in [2.75, 3.05) is 6.79 Å². The van der Waals surface area contributed by atoms with Crippen LogP contribution in [0, 0.1) is 0 Å². The molecule has 94 valence electrons. The second-order valence-corrected chi connectivity index (χ2v) is 4.76. The molecule has 1 aromatic heterocycles. The molecule has 0 radical (unpaired) electrons. The molecule has 1 aromatic carbocycles. The first-order chi connectivity index (χ1) is 8.70. The second-order valence-electron chi connectivity index (χ2n) is 4.00. The van der Waals surface area contributed by atoms with Crippen LogP contribution in [0.2, 0.25) is 0 Å². The molecule has 0 amide bonds. The molecular formula is C12H12BrN3O2. The Bertz CT molecular complexity index is 610. The Hall–Kier alpha value is -1.53. The predicted octanol–water partition coefficient (Wildman–Crippen LogP) is 2.04. The second kappa shape index (κ2) is 4.29. The van der Waals surface area contributed by atoms with Crippen molar-refractivity contribution in [3.63, 3.8) is 0 Å². The molecular weight excluding hydrogens is 298 g/mol. The number of fused-ring (bicyclic) bond motifs is 1. The lowest BCUT2D eigenvalue weighted by Crippen LogP contribution is -1.97. The number of nitrogens with two attached hydrogens (primary N) is 1. The summed E-state index contributed by atoms with van der Waals surface area (Å²) in [6.45, 7) is 0.677. The SMILES string of the molecule is Cn1c(-c2ccc3c(c2)OCO3)nc(CN)c1Br. The summed E-state index contributed by atoms with van der Waals surface area (Å²) in [6.07, 6.45) is 0. The number of aromatic nitrogens is 2. The van der Waals surface area contributed by atoms with Crippen molar-refractivity contribution in [2.45, 2.75) is 6.54 Å². The zero-order chi connectivity index (χ0) is 12.7. The van der Waals surface area contributed by atoms with Crippen molar-refractivity contribution in [2.24, 2.45) is 12.8 Å². The zero-order valence-corrected chi connectivity index (χ0v) is 11.4. The summed E-state index contributed by atoms with van der Waals surface area (Å²) in [5.41, 5.74) is 7.46. The fraction of sp³-hybridized carbons (Fsp3) is 0.250. The lowest BCUT2D eigenvalue weighted by atomic mass is 10.2. The van der Waals surface area contributed by atoms with Crippen molar-refractivity contribution in [3.8, 4) is 22.9 Å².